The smallest absolute Gasteiger partial charge is 0.315 e. The molecule has 0 amide bonds. The Kier molecular flexibility index (Phi) is 2.13. The van der Waals surface area contributed by atoms with Crippen LogP contribution in [0.25, 0.3) is 0 Å². The van der Waals surface area contributed by atoms with Crippen LogP contribution in [-0.2, 0) is 10.2 Å². The molecule has 0 saturated carbocycles. The van der Waals surface area contributed by atoms with E-state index in [2.05, 4.69) is 4.98 Å². The molecule has 3 nitrogen and oxygen atoms in total. The van der Waals surface area contributed by atoms with E-state index < -0.39 is 11.4 Å². The molecule has 3 heteroatoms. The minimum Gasteiger partial charge on any atom is -0.481 e. The number of carboxylic acids is 1. The molecule has 0 atom stereocenters. The summed E-state index contributed by atoms with van der Waals surface area (Å²) in [5.74, 6) is -0.860. The van der Waals surface area contributed by atoms with Crippen LogP contribution >= 0.6 is 0 Å². The van der Waals surface area contributed by atoms with Gasteiger partial charge in [-0.05, 0) is 26.0 Å². The zero-order valence-corrected chi connectivity index (χ0v) is 7.11. The van der Waals surface area contributed by atoms with Crippen molar-refractivity contribution in [3.8, 4) is 0 Å². The summed E-state index contributed by atoms with van der Waals surface area (Å²) in [4.78, 5) is 14.8. The number of rotatable bonds is 2. The molecule has 0 saturated heterocycles. The monoisotopic (exact) mass is 165 g/mol. The van der Waals surface area contributed by atoms with Gasteiger partial charge in [0, 0.05) is 6.20 Å². The molecule has 0 aliphatic rings. The summed E-state index contributed by atoms with van der Waals surface area (Å²) in [5.41, 5.74) is -0.321. The molecule has 0 aliphatic heterocycles. The highest BCUT2D eigenvalue weighted by Crippen LogP contribution is 2.20. The highest BCUT2D eigenvalue weighted by Gasteiger charge is 2.30. The molecule has 0 radical (unpaired) electrons. The topological polar surface area (TPSA) is 50.2 Å². The van der Waals surface area contributed by atoms with E-state index in [1.165, 1.54) is 0 Å². The van der Waals surface area contributed by atoms with Crippen molar-refractivity contribution in [2.24, 2.45) is 0 Å². The van der Waals surface area contributed by atoms with Crippen LogP contribution < -0.4 is 0 Å². The van der Waals surface area contributed by atoms with Gasteiger partial charge in [-0.15, -0.1) is 0 Å². The third-order valence-electron chi connectivity index (χ3n) is 1.84. The van der Waals surface area contributed by atoms with Crippen molar-refractivity contribution in [1.82, 2.24) is 4.98 Å². The lowest BCUT2D eigenvalue weighted by Gasteiger charge is -2.17. The Labute approximate surface area is 71.1 Å². The zero-order chi connectivity index (χ0) is 9.19. The molecule has 0 aromatic carbocycles. The Hall–Kier alpha value is -1.38. The van der Waals surface area contributed by atoms with Gasteiger partial charge in [-0.3, -0.25) is 9.78 Å². The first-order chi connectivity index (χ1) is 5.55. The maximum absolute atomic E-state index is 10.8. The van der Waals surface area contributed by atoms with Gasteiger partial charge in [-0.25, -0.2) is 0 Å². The van der Waals surface area contributed by atoms with Gasteiger partial charge in [-0.1, -0.05) is 6.07 Å². The molecule has 0 spiro atoms. The number of hydrogen-bond acceptors (Lipinski definition) is 2. The van der Waals surface area contributed by atoms with E-state index in [1.54, 1.807) is 38.2 Å². The third-order valence-corrected chi connectivity index (χ3v) is 1.84. The van der Waals surface area contributed by atoms with Crippen molar-refractivity contribution in [2.45, 2.75) is 19.3 Å². The van der Waals surface area contributed by atoms with Crippen molar-refractivity contribution in [3.05, 3.63) is 30.1 Å². The lowest BCUT2D eigenvalue weighted by atomic mass is 9.89. The zero-order valence-electron chi connectivity index (χ0n) is 7.11. The normalized spacial score (nSPS) is 11.2. The first-order valence-corrected chi connectivity index (χ1v) is 3.70. The number of pyridine rings is 1. The summed E-state index contributed by atoms with van der Waals surface area (Å²) in [6.07, 6.45) is 1.60. The Morgan fingerprint density at radius 2 is 2.17 bits per heavy atom. The van der Waals surface area contributed by atoms with Gasteiger partial charge in [-0.2, -0.15) is 0 Å². The van der Waals surface area contributed by atoms with E-state index >= 15 is 0 Å². The summed E-state index contributed by atoms with van der Waals surface area (Å²) in [5, 5.41) is 8.85. The standard InChI is InChI=1S/C9H11NO2/c1-9(2,8(11)12)7-5-3-4-6-10-7/h3-6H,1-2H3,(H,11,12). The van der Waals surface area contributed by atoms with Crippen LogP contribution in [0.4, 0.5) is 0 Å². The summed E-state index contributed by atoms with van der Waals surface area (Å²) in [6.45, 7) is 3.27. The summed E-state index contributed by atoms with van der Waals surface area (Å²) in [7, 11) is 0. The van der Waals surface area contributed by atoms with Crippen LogP contribution in [0.15, 0.2) is 24.4 Å². The van der Waals surface area contributed by atoms with Crippen LogP contribution in [0.2, 0.25) is 0 Å². The van der Waals surface area contributed by atoms with Gasteiger partial charge in [0.1, 0.15) is 5.41 Å². The van der Waals surface area contributed by atoms with Gasteiger partial charge in [0.25, 0.3) is 0 Å². The van der Waals surface area contributed by atoms with Gasteiger partial charge < -0.3 is 5.11 Å². The van der Waals surface area contributed by atoms with Crippen LogP contribution in [0.5, 0.6) is 0 Å². The van der Waals surface area contributed by atoms with Crippen LogP contribution in [0.3, 0.4) is 0 Å². The Bertz CT molecular complexity index is 280. The van der Waals surface area contributed by atoms with Crippen molar-refractivity contribution in [1.29, 1.82) is 0 Å². The second-order valence-corrected chi connectivity index (χ2v) is 3.15. The number of carbonyl (C=O) groups is 1. The van der Waals surface area contributed by atoms with E-state index in [9.17, 15) is 4.79 Å². The molecule has 0 fully saturated rings. The number of carboxylic acid groups (broad SMARTS) is 1. The van der Waals surface area contributed by atoms with Gasteiger partial charge >= 0.3 is 5.97 Å². The molecule has 12 heavy (non-hydrogen) atoms. The summed E-state index contributed by atoms with van der Waals surface area (Å²) < 4.78 is 0. The van der Waals surface area contributed by atoms with Crippen molar-refractivity contribution >= 4 is 5.97 Å². The first kappa shape index (κ1) is 8.71. The number of hydrogen-bond donors (Lipinski definition) is 1. The van der Waals surface area contributed by atoms with Crippen LogP contribution in [0.1, 0.15) is 19.5 Å². The van der Waals surface area contributed by atoms with Gasteiger partial charge in [0.2, 0.25) is 0 Å². The predicted octanol–water partition coefficient (Wildman–Crippen LogP) is 1.44. The van der Waals surface area contributed by atoms with E-state index in [0.717, 1.165) is 0 Å². The fourth-order valence-corrected chi connectivity index (χ4v) is 0.842. The average molecular weight is 165 g/mol. The Morgan fingerprint density at radius 3 is 2.58 bits per heavy atom. The SMILES string of the molecule is CC(C)(C(=O)O)c1ccccn1. The Balaban J connectivity index is 3.06. The second-order valence-electron chi connectivity index (χ2n) is 3.15. The molecule has 0 aliphatic carbocycles. The molecular weight excluding hydrogens is 154 g/mol. The fraction of sp³-hybridized carbons (Fsp3) is 0.333. The lowest BCUT2D eigenvalue weighted by Crippen LogP contribution is -2.29. The summed E-state index contributed by atoms with van der Waals surface area (Å²) >= 11 is 0. The van der Waals surface area contributed by atoms with Crippen LogP contribution in [0, 0.1) is 0 Å². The molecule has 1 heterocycles. The molecule has 1 N–H and O–H groups in total. The molecule has 1 aromatic rings. The molecule has 0 bridgehead atoms. The summed E-state index contributed by atoms with van der Waals surface area (Å²) in [6, 6.07) is 5.27. The van der Waals surface area contributed by atoms with E-state index in [0.29, 0.717) is 5.69 Å². The molecule has 0 unspecified atom stereocenters. The highest BCUT2D eigenvalue weighted by molar-refractivity contribution is 5.79. The number of nitrogens with zero attached hydrogens (tertiary/aromatic N) is 1. The quantitative estimate of drug-likeness (QED) is 0.721. The maximum Gasteiger partial charge on any atom is 0.315 e. The van der Waals surface area contributed by atoms with Gasteiger partial charge in [0.05, 0.1) is 5.69 Å². The van der Waals surface area contributed by atoms with Crippen molar-refractivity contribution in [3.63, 3.8) is 0 Å². The Morgan fingerprint density at radius 1 is 1.50 bits per heavy atom. The predicted molar refractivity (Wildman–Crippen MR) is 44.9 cm³/mol. The van der Waals surface area contributed by atoms with E-state index in [4.69, 9.17) is 5.11 Å². The number of aromatic nitrogens is 1. The van der Waals surface area contributed by atoms with Gasteiger partial charge in [0.15, 0.2) is 0 Å². The first-order valence-electron chi connectivity index (χ1n) is 3.70. The van der Waals surface area contributed by atoms with Crippen LogP contribution in [-0.4, -0.2) is 16.1 Å². The lowest BCUT2D eigenvalue weighted by molar-refractivity contribution is -0.142. The second kappa shape index (κ2) is 2.93. The van der Waals surface area contributed by atoms with E-state index in [-0.39, 0.29) is 0 Å². The highest BCUT2D eigenvalue weighted by atomic mass is 16.4. The average Bonchev–Trinajstić information content (AvgIpc) is 2.06. The largest absolute Gasteiger partial charge is 0.481 e. The minimum atomic E-state index is -0.902. The minimum absolute atomic E-state index is 0.581. The van der Waals surface area contributed by atoms with Crippen molar-refractivity contribution in [2.75, 3.05) is 0 Å². The molecule has 1 rings (SSSR count). The maximum atomic E-state index is 10.8. The molecule has 64 valence electrons. The third kappa shape index (κ3) is 1.44. The van der Waals surface area contributed by atoms with E-state index in [1.807, 2.05) is 0 Å². The van der Waals surface area contributed by atoms with Crippen molar-refractivity contribution < 1.29 is 9.90 Å². The molecular formula is C9H11NO2. The number of aliphatic carboxylic acids is 1. The fourth-order valence-electron chi connectivity index (χ4n) is 0.842. The molecule has 1 aromatic heterocycles.